The Labute approximate surface area is 157 Å². The van der Waals surface area contributed by atoms with Gasteiger partial charge in [-0.2, -0.15) is 0 Å². The van der Waals surface area contributed by atoms with Gasteiger partial charge in [-0.15, -0.1) is 0 Å². The van der Waals surface area contributed by atoms with Crippen molar-refractivity contribution in [2.45, 2.75) is 11.8 Å². The van der Waals surface area contributed by atoms with E-state index < -0.39 is 16.0 Å². The van der Waals surface area contributed by atoms with Crippen molar-refractivity contribution in [3.05, 3.63) is 83.9 Å². The molecule has 0 aliphatic heterocycles. The highest BCUT2D eigenvalue weighted by atomic mass is 32.2. The maximum absolute atomic E-state index is 12.4. The molecular weight excluding hydrogens is 366 g/mol. The van der Waals surface area contributed by atoms with Crippen LogP contribution in [0.2, 0.25) is 0 Å². The number of hydrogen-bond acceptors (Lipinski definition) is 4. The van der Waals surface area contributed by atoms with E-state index >= 15 is 0 Å². The summed E-state index contributed by atoms with van der Waals surface area (Å²) in [5.41, 5.74) is 1.49. The van der Waals surface area contributed by atoms with Crippen LogP contribution in [0.15, 0.2) is 77.7 Å². The standard InChI is InChI=1S/C20H17NO5S/c1-14-5-11-19(12-6-14)27(24,25)21-16-7-9-17(10-8-16)26-18-4-2-3-15(13-18)20(22)23/h2-13,21H,1H3,(H,22,23). The van der Waals surface area contributed by atoms with Crippen LogP contribution >= 0.6 is 0 Å². The highest BCUT2D eigenvalue weighted by Crippen LogP contribution is 2.25. The Morgan fingerprint density at radius 2 is 1.59 bits per heavy atom. The molecule has 27 heavy (non-hydrogen) atoms. The molecule has 3 aromatic rings. The molecule has 0 aromatic heterocycles. The van der Waals surface area contributed by atoms with Crippen molar-refractivity contribution in [2.75, 3.05) is 4.72 Å². The molecular formula is C20H17NO5S. The fourth-order valence-corrected chi connectivity index (χ4v) is 3.41. The van der Waals surface area contributed by atoms with E-state index in [-0.39, 0.29) is 10.5 Å². The second-order valence-electron chi connectivity index (χ2n) is 5.88. The third kappa shape index (κ3) is 4.65. The van der Waals surface area contributed by atoms with Gasteiger partial charge in [-0.05, 0) is 61.5 Å². The molecule has 0 unspecified atom stereocenters. The molecule has 0 saturated heterocycles. The lowest BCUT2D eigenvalue weighted by Crippen LogP contribution is -2.12. The fraction of sp³-hybridized carbons (Fsp3) is 0.0500. The first-order chi connectivity index (χ1) is 12.8. The molecule has 0 aliphatic rings. The average molecular weight is 383 g/mol. The largest absolute Gasteiger partial charge is 0.478 e. The first-order valence-electron chi connectivity index (χ1n) is 8.04. The number of carboxylic acids is 1. The van der Waals surface area contributed by atoms with Crippen LogP contribution in [0.3, 0.4) is 0 Å². The van der Waals surface area contributed by atoms with Gasteiger partial charge in [0, 0.05) is 5.69 Å². The molecule has 0 aliphatic carbocycles. The van der Waals surface area contributed by atoms with Crippen LogP contribution in [0.25, 0.3) is 0 Å². The van der Waals surface area contributed by atoms with E-state index in [1.807, 2.05) is 6.92 Å². The topological polar surface area (TPSA) is 92.7 Å². The lowest BCUT2D eigenvalue weighted by atomic mass is 10.2. The van der Waals surface area contributed by atoms with E-state index in [9.17, 15) is 13.2 Å². The van der Waals surface area contributed by atoms with E-state index in [0.717, 1.165) is 5.56 Å². The van der Waals surface area contributed by atoms with Gasteiger partial charge in [-0.1, -0.05) is 23.8 Å². The van der Waals surface area contributed by atoms with Crippen LogP contribution < -0.4 is 9.46 Å². The van der Waals surface area contributed by atoms with Crippen molar-refractivity contribution < 1.29 is 23.1 Å². The first kappa shape index (κ1) is 18.5. The molecule has 0 atom stereocenters. The summed E-state index contributed by atoms with van der Waals surface area (Å²) in [6.07, 6.45) is 0. The Bertz CT molecular complexity index is 1060. The van der Waals surface area contributed by atoms with E-state index in [1.165, 1.54) is 12.1 Å². The fourth-order valence-electron chi connectivity index (χ4n) is 2.35. The molecule has 0 saturated carbocycles. The number of aryl methyl sites for hydroxylation is 1. The van der Waals surface area contributed by atoms with E-state index in [2.05, 4.69) is 4.72 Å². The third-order valence-electron chi connectivity index (χ3n) is 3.75. The summed E-state index contributed by atoms with van der Waals surface area (Å²) < 4.78 is 32.9. The summed E-state index contributed by atoms with van der Waals surface area (Å²) in [6.45, 7) is 1.88. The van der Waals surface area contributed by atoms with Gasteiger partial charge in [0.1, 0.15) is 11.5 Å². The molecule has 0 amide bonds. The number of aromatic carboxylic acids is 1. The lowest BCUT2D eigenvalue weighted by molar-refractivity contribution is 0.0696. The van der Waals surface area contributed by atoms with Crippen LogP contribution in [0.1, 0.15) is 15.9 Å². The Morgan fingerprint density at radius 1 is 0.926 bits per heavy atom. The molecule has 3 rings (SSSR count). The molecule has 138 valence electrons. The Hall–Kier alpha value is -3.32. The average Bonchev–Trinajstić information content (AvgIpc) is 2.64. The molecule has 6 nitrogen and oxygen atoms in total. The van der Waals surface area contributed by atoms with Gasteiger partial charge in [-0.25, -0.2) is 13.2 Å². The predicted octanol–water partition coefficient (Wildman–Crippen LogP) is 4.29. The van der Waals surface area contributed by atoms with Gasteiger partial charge in [0.05, 0.1) is 10.5 Å². The highest BCUT2D eigenvalue weighted by Gasteiger charge is 2.14. The number of sulfonamides is 1. The van der Waals surface area contributed by atoms with Gasteiger partial charge in [-0.3, -0.25) is 4.72 Å². The first-order valence-corrected chi connectivity index (χ1v) is 9.52. The van der Waals surface area contributed by atoms with Crippen LogP contribution in [0, 0.1) is 6.92 Å². The minimum atomic E-state index is -3.67. The van der Waals surface area contributed by atoms with Crippen molar-refractivity contribution in [3.8, 4) is 11.5 Å². The number of hydrogen-bond donors (Lipinski definition) is 2. The molecule has 7 heteroatoms. The van der Waals surface area contributed by atoms with Gasteiger partial charge >= 0.3 is 5.97 Å². The smallest absolute Gasteiger partial charge is 0.335 e. The maximum atomic E-state index is 12.4. The Balaban J connectivity index is 1.73. The molecule has 0 bridgehead atoms. The molecule has 0 radical (unpaired) electrons. The van der Waals surface area contributed by atoms with Crippen molar-refractivity contribution >= 4 is 21.7 Å². The molecule has 0 fully saturated rings. The summed E-state index contributed by atoms with van der Waals surface area (Å²) in [4.78, 5) is 11.2. The number of carbonyl (C=O) groups is 1. The van der Waals surface area contributed by atoms with E-state index in [1.54, 1.807) is 60.7 Å². The van der Waals surface area contributed by atoms with Gasteiger partial charge in [0.15, 0.2) is 0 Å². The van der Waals surface area contributed by atoms with Crippen LogP contribution in [-0.4, -0.2) is 19.5 Å². The van der Waals surface area contributed by atoms with Crippen molar-refractivity contribution in [3.63, 3.8) is 0 Å². The summed E-state index contributed by atoms with van der Waals surface area (Å²) in [5.74, 6) is -0.208. The highest BCUT2D eigenvalue weighted by molar-refractivity contribution is 7.92. The van der Waals surface area contributed by atoms with Gasteiger partial charge < -0.3 is 9.84 Å². The maximum Gasteiger partial charge on any atom is 0.335 e. The number of benzene rings is 3. The summed E-state index contributed by atoms with van der Waals surface area (Å²) in [5, 5.41) is 9.01. The Morgan fingerprint density at radius 3 is 2.22 bits per heavy atom. The Kier molecular flexibility index (Phi) is 5.14. The molecule has 0 heterocycles. The number of carboxylic acid groups (broad SMARTS) is 1. The second-order valence-corrected chi connectivity index (χ2v) is 7.56. The third-order valence-corrected chi connectivity index (χ3v) is 5.15. The predicted molar refractivity (Wildman–Crippen MR) is 102 cm³/mol. The van der Waals surface area contributed by atoms with Crippen LogP contribution in [-0.2, 0) is 10.0 Å². The quantitative estimate of drug-likeness (QED) is 0.662. The minimum Gasteiger partial charge on any atom is -0.478 e. The zero-order valence-corrected chi connectivity index (χ0v) is 15.2. The monoisotopic (exact) mass is 383 g/mol. The number of anilines is 1. The number of rotatable bonds is 6. The summed E-state index contributed by atoms with van der Waals surface area (Å²) in [7, 11) is -3.67. The summed E-state index contributed by atoms with van der Waals surface area (Å²) >= 11 is 0. The molecule has 2 N–H and O–H groups in total. The normalized spacial score (nSPS) is 11.0. The van der Waals surface area contributed by atoms with Crippen molar-refractivity contribution in [1.82, 2.24) is 0 Å². The zero-order valence-electron chi connectivity index (χ0n) is 14.4. The van der Waals surface area contributed by atoms with Crippen molar-refractivity contribution in [2.24, 2.45) is 0 Å². The van der Waals surface area contributed by atoms with Gasteiger partial charge in [0.2, 0.25) is 0 Å². The lowest BCUT2D eigenvalue weighted by Gasteiger charge is -2.10. The summed E-state index contributed by atoms with van der Waals surface area (Å²) in [6, 6.07) is 19.0. The SMILES string of the molecule is Cc1ccc(S(=O)(=O)Nc2ccc(Oc3cccc(C(=O)O)c3)cc2)cc1. The van der Waals surface area contributed by atoms with Crippen LogP contribution in [0.4, 0.5) is 5.69 Å². The number of nitrogens with one attached hydrogen (secondary N) is 1. The van der Waals surface area contributed by atoms with Crippen molar-refractivity contribution in [1.29, 1.82) is 0 Å². The number of ether oxygens (including phenoxy) is 1. The zero-order chi connectivity index (χ0) is 19.4. The molecule has 3 aromatic carbocycles. The van der Waals surface area contributed by atoms with E-state index in [4.69, 9.17) is 9.84 Å². The van der Waals surface area contributed by atoms with Gasteiger partial charge in [0.25, 0.3) is 10.0 Å². The minimum absolute atomic E-state index is 0.120. The van der Waals surface area contributed by atoms with Crippen LogP contribution in [0.5, 0.6) is 11.5 Å². The second kappa shape index (κ2) is 7.51. The molecule has 0 spiro atoms. The van der Waals surface area contributed by atoms with E-state index in [0.29, 0.717) is 17.2 Å².